The summed E-state index contributed by atoms with van der Waals surface area (Å²) in [6.07, 6.45) is 5.00. The molecule has 0 spiro atoms. The molecule has 1 aromatic rings. The largest absolute Gasteiger partial charge is 0.144 e. The number of aryl methyl sites for hydroxylation is 1. The summed E-state index contributed by atoms with van der Waals surface area (Å²) < 4.78 is 0. The third-order valence-corrected chi connectivity index (χ3v) is 2.55. The van der Waals surface area contributed by atoms with E-state index in [0.717, 1.165) is 0 Å². The van der Waals surface area contributed by atoms with Gasteiger partial charge in [0, 0.05) is 4.88 Å². The van der Waals surface area contributed by atoms with Crippen LogP contribution < -0.4 is 0 Å². The molecule has 1 rings (SSSR count). The van der Waals surface area contributed by atoms with Crippen LogP contribution >= 0.6 is 11.3 Å². The van der Waals surface area contributed by atoms with Crippen molar-refractivity contribution in [3.05, 3.63) is 34.5 Å². The maximum atomic E-state index is 3.73. The standard InChI is InChI=1S/C9H10S.C3H8/c1-4-8-7(3)6-10-9(8)5-2;1-3-2/h4-6H,1-2H2,3H3;3H2,1-2H3. The molecular formula is C12H18S. The van der Waals surface area contributed by atoms with E-state index in [1.54, 1.807) is 11.3 Å². The van der Waals surface area contributed by atoms with E-state index in [1.165, 1.54) is 22.4 Å². The molecule has 0 aromatic carbocycles. The minimum absolute atomic E-state index is 1.22. The number of hydrogen-bond donors (Lipinski definition) is 0. The summed E-state index contributed by atoms with van der Waals surface area (Å²) >= 11 is 1.71. The molecule has 0 saturated carbocycles. The predicted octanol–water partition coefficient (Wildman–Crippen LogP) is 4.76. The highest BCUT2D eigenvalue weighted by molar-refractivity contribution is 7.11. The molecule has 72 valence electrons. The quantitative estimate of drug-likeness (QED) is 0.637. The fourth-order valence-electron chi connectivity index (χ4n) is 0.893. The van der Waals surface area contributed by atoms with Gasteiger partial charge in [-0.15, -0.1) is 11.3 Å². The van der Waals surface area contributed by atoms with Gasteiger partial charge in [0.15, 0.2) is 0 Å². The Kier molecular flexibility index (Phi) is 6.25. The van der Waals surface area contributed by atoms with E-state index in [-0.39, 0.29) is 0 Å². The van der Waals surface area contributed by atoms with Gasteiger partial charge < -0.3 is 0 Å². The minimum atomic E-state index is 1.22. The smallest absolute Gasteiger partial charge is 0.0339 e. The molecule has 0 aliphatic heterocycles. The molecule has 0 saturated heterocycles. The number of rotatable bonds is 2. The highest BCUT2D eigenvalue weighted by Crippen LogP contribution is 2.23. The van der Waals surface area contributed by atoms with E-state index in [2.05, 4.69) is 39.3 Å². The van der Waals surface area contributed by atoms with Gasteiger partial charge in [-0.1, -0.05) is 45.6 Å². The Morgan fingerprint density at radius 3 is 2.15 bits per heavy atom. The molecule has 0 aliphatic carbocycles. The van der Waals surface area contributed by atoms with Gasteiger partial charge in [0.25, 0.3) is 0 Å². The van der Waals surface area contributed by atoms with Crippen LogP contribution in [0, 0.1) is 6.92 Å². The molecule has 0 nitrogen and oxygen atoms in total. The van der Waals surface area contributed by atoms with Crippen LogP contribution in [-0.4, -0.2) is 0 Å². The zero-order valence-corrected chi connectivity index (χ0v) is 9.58. The lowest BCUT2D eigenvalue weighted by atomic mass is 10.2. The van der Waals surface area contributed by atoms with Gasteiger partial charge >= 0.3 is 0 Å². The third-order valence-electron chi connectivity index (χ3n) is 1.44. The molecule has 1 aromatic heterocycles. The molecule has 0 bridgehead atoms. The van der Waals surface area contributed by atoms with Crippen LogP contribution in [0.5, 0.6) is 0 Å². The fraction of sp³-hybridized carbons (Fsp3) is 0.333. The van der Waals surface area contributed by atoms with Gasteiger partial charge in [0.05, 0.1) is 0 Å². The molecular weight excluding hydrogens is 176 g/mol. The zero-order chi connectivity index (χ0) is 10.3. The predicted molar refractivity (Wildman–Crippen MR) is 65.2 cm³/mol. The Bertz CT molecular complexity index is 269. The SMILES string of the molecule is C=Cc1scc(C)c1C=C.CCC. The van der Waals surface area contributed by atoms with E-state index in [4.69, 9.17) is 0 Å². The van der Waals surface area contributed by atoms with Crippen molar-refractivity contribution in [2.24, 2.45) is 0 Å². The molecule has 0 aliphatic rings. The van der Waals surface area contributed by atoms with Crippen molar-refractivity contribution in [1.29, 1.82) is 0 Å². The van der Waals surface area contributed by atoms with E-state index < -0.39 is 0 Å². The first-order valence-corrected chi connectivity index (χ1v) is 5.42. The van der Waals surface area contributed by atoms with Crippen LogP contribution in [0.1, 0.15) is 36.3 Å². The second-order valence-electron chi connectivity index (χ2n) is 2.81. The maximum Gasteiger partial charge on any atom is 0.0339 e. The number of hydrogen-bond acceptors (Lipinski definition) is 1. The lowest BCUT2D eigenvalue weighted by Crippen LogP contribution is -1.72. The summed E-state index contributed by atoms with van der Waals surface area (Å²) in [6.45, 7) is 13.8. The Morgan fingerprint density at radius 2 is 1.85 bits per heavy atom. The van der Waals surface area contributed by atoms with Crippen molar-refractivity contribution in [2.45, 2.75) is 27.2 Å². The Labute approximate surface area is 85.6 Å². The summed E-state index contributed by atoms with van der Waals surface area (Å²) in [5, 5.41) is 2.12. The molecule has 0 atom stereocenters. The highest BCUT2D eigenvalue weighted by Gasteiger charge is 1.99. The van der Waals surface area contributed by atoms with Gasteiger partial charge in [-0.2, -0.15) is 0 Å². The number of thiophene rings is 1. The van der Waals surface area contributed by atoms with Gasteiger partial charge in [0.1, 0.15) is 0 Å². The molecule has 0 radical (unpaired) electrons. The summed E-state index contributed by atoms with van der Waals surface area (Å²) in [4.78, 5) is 1.22. The second kappa shape index (κ2) is 6.67. The van der Waals surface area contributed by atoms with E-state index >= 15 is 0 Å². The van der Waals surface area contributed by atoms with Crippen LogP contribution in [-0.2, 0) is 0 Å². The van der Waals surface area contributed by atoms with E-state index in [9.17, 15) is 0 Å². The topological polar surface area (TPSA) is 0 Å². The van der Waals surface area contributed by atoms with E-state index in [1.807, 2.05) is 12.2 Å². The second-order valence-corrected chi connectivity index (χ2v) is 3.72. The van der Waals surface area contributed by atoms with Crippen molar-refractivity contribution in [2.75, 3.05) is 0 Å². The highest BCUT2D eigenvalue weighted by atomic mass is 32.1. The summed E-state index contributed by atoms with van der Waals surface area (Å²) in [5.74, 6) is 0. The molecule has 1 heteroatoms. The maximum absolute atomic E-state index is 3.73. The Hall–Kier alpha value is -0.820. The van der Waals surface area contributed by atoms with Crippen LogP contribution in [0.2, 0.25) is 0 Å². The zero-order valence-electron chi connectivity index (χ0n) is 8.76. The average Bonchev–Trinajstić information content (AvgIpc) is 2.47. The first-order chi connectivity index (χ1) is 6.21. The third kappa shape index (κ3) is 3.60. The van der Waals surface area contributed by atoms with E-state index in [0.29, 0.717) is 0 Å². The fourth-order valence-corrected chi connectivity index (χ4v) is 1.79. The van der Waals surface area contributed by atoms with Gasteiger partial charge in [0.2, 0.25) is 0 Å². The molecule has 0 unspecified atom stereocenters. The van der Waals surface area contributed by atoms with Crippen molar-refractivity contribution >= 4 is 23.5 Å². The van der Waals surface area contributed by atoms with Gasteiger partial charge in [-0.25, -0.2) is 0 Å². The first kappa shape index (κ1) is 12.2. The Morgan fingerprint density at radius 1 is 1.31 bits per heavy atom. The lowest BCUT2D eigenvalue weighted by molar-refractivity contribution is 1.09. The summed E-state index contributed by atoms with van der Waals surface area (Å²) in [7, 11) is 0. The van der Waals surface area contributed by atoms with Crippen molar-refractivity contribution in [1.82, 2.24) is 0 Å². The summed E-state index contributed by atoms with van der Waals surface area (Å²) in [5.41, 5.74) is 2.51. The van der Waals surface area contributed by atoms with Crippen molar-refractivity contribution in [3.63, 3.8) is 0 Å². The van der Waals surface area contributed by atoms with Crippen LogP contribution in [0.15, 0.2) is 18.5 Å². The first-order valence-electron chi connectivity index (χ1n) is 4.54. The normalized spacial score (nSPS) is 8.54. The summed E-state index contributed by atoms with van der Waals surface area (Å²) in [6, 6.07) is 0. The Balaban J connectivity index is 0.000000424. The lowest BCUT2D eigenvalue weighted by Gasteiger charge is -1.90. The molecule has 0 N–H and O–H groups in total. The van der Waals surface area contributed by atoms with Gasteiger partial charge in [-0.3, -0.25) is 0 Å². The van der Waals surface area contributed by atoms with Crippen LogP contribution in [0.25, 0.3) is 12.2 Å². The molecule has 0 amide bonds. The van der Waals surface area contributed by atoms with Crippen molar-refractivity contribution in [3.8, 4) is 0 Å². The average molecular weight is 194 g/mol. The monoisotopic (exact) mass is 194 g/mol. The van der Waals surface area contributed by atoms with Gasteiger partial charge in [-0.05, 0) is 23.4 Å². The van der Waals surface area contributed by atoms with Crippen LogP contribution in [0.4, 0.5) is 0 Å². The molecule has 13 heavy (non-hydrogen) atoms. The molecule has 0 fully saturated rings. The van der Waals surface area contributed by atoms with Crippen LogP contribution in [0.3, 0.4) is 0 Å². The minimum Gasteiger partial charge on any atom is -0.144 e. The van der Waals surface area contributed by atoms with Crippen molar-refractivity contribution < 1.29 is 0 Å². The molecule has 1 heterocycles.